The number of nitrogens with one attached hydrogen (secondary N) is 2. The zero-order valence-electron chi connectivity index (χ0n) is 12.9. The lowest BCUT2D eigenvalue weighted by Gasteiger charge is -2.15. The monoisotopic (exact) mass is 332 g/mol. The van der Waals surface area contributed by atoms with Gasteiger partial charge in [0.2, 0.25) is 10.0 Å². The van der Waals surface area contributed by atoms with Crippen molar-refractivity contribution in [2.45, 2.75) is 57.5 Å². The molecular weight excluding hydrogens is 308 g/mol. The van der Waals surface area contributed by atoms with Gasteiger partial charge in [0.1, 0.15) is 0 Å². The van der Waals surface area contributed by atoms with E-state index in [0.29, 0.717) is 11.6 Å². The van der Waals surface area contributed by atoms with Gasteiger partial charge in [-0.25, -0.2) is 13.1 Å². The van der Waals surface area contributed by atoms with Crippen molar-refractivity contribution in [1.82, 2.24) is 10.0 Å². The minimum atomic E-state index is -3.50. The summed E-state index contributed by atoms with van der Waals surface area (Å²) in [6.45, 7) is 7.58. The predicted octanol–water partition coefficient (Wildman–Crippen LogP) is 3.31. The van der Waals surface area contributed by atoms with Gasteiger partial charge in [-0.2, -0.15) is 0 Å². The van der Waals surface area contributed by atoms with E-state index in [-0.39, 0.29) is 10.9 Å². The fourth-order valence-electron chi connectivity index (χ4n) is 1.98. The van der Waals surface area contributed by atoms with Gasteiger partial charge in [-0.1, -0.05) is 38.4 Å². The van der Waals surface area contributed by atoms with E-state index in [1.807, 2.05) is 13.8 Å². The van der Waals surface area contributed by atoms with E-state index >= 15 is 0 Å². The van der Waals surface area contributed by atoms with Gasteiger partial charge in [-0.3, -0.25) is 0 Å². The van der Waals surface area contributed by atoms with Crippen molar-refractivity contribution in [1.29, 1.82) is 0 Å². The van der Waals surface area contributed by atoms with Crippen LogP contribution in [0.15, 0.2) is 23.1 Å². The van der Waals surface area contributed by atoms with Crippen LogP contribution in [-0.2, 0) is 16.6 Å². The number of halogens is 1. The Morgan fingerprint density at radius 2 is 1.86 bits per heavy atom. The number of hydrogen-bond acceptors (Lipinski definition) is 3. The molecule has 4 nitrogen and oxygen atoms in total. The summed E-state index contributed by atoms with van der Waals surface area (Å²) in [6.07, 6.45) is 2.58. The quantitative estimate of drug-likeness (QED) is 0.682. The van der Waals surface area contributed by atoms with Crippen LogP contribution in [0.2, 0.25) is 5.02 Å². The molecule has 0 aromatic heterocycles. The van der Waals surface area contributed by atoms with Crippen LogP contribution in [0.1, 0.15) is 45.6 Å². The molecule has 0 saturated carbocycles. The fourth-order valence-corrected chi connectivity index (χ4v) is 3.72. The Bertz CT molecular complexity index is 543. The Morgan fingerprint density at radius 3 is 2.38 bits per heavy atom. The number of benzene rings is 1. The largest absolute Gasteiger partial charge is 0.313 e. The molecule has 120 valence electrons. The van der Waals surface area contributed by atoms with Gasteiger partial charge >= 0.3 is 0 Å². The third-order valence-corrected chi connectivity index (χ3v) is 5.25. The van der Waals surface area contributed by atoms with Crippen LogP contribution in [0, 0.1) is 0 Å². The Labute approximate surface area is 133 Å². The highest BCUT2D eigenvalue weighted by Gasteiger charge is 2.19. The second-order valence-electron chi connectivity index (χ2n) is 5.06. The summed E-state index contributed by atoms with van der Waals surface area (Å²) in [7, 11) is -3.50. The predicted molar refractivity (Wildman–Crippen MR) is 88.1 cm³/mol. The second kappa shape index (κ2) is 8.73. The molecule has 0 spiro atoms. The standard InChI is InChI=1S/C15H25ClN2O2S/c1-4-9-17-11-12-7-8-14(10-15(12)16)21(19,20)18-13(5-2)6-3/h7-8,10,13,17-18H,4-6,9,11H2,1-3H3. The first-order valence-electron chi connectivity index (χ1n) is 7.46. The van der Waals surface area contributed by atoms with Crippen LogP contribution in [0.25, 0.3) is 0 Å². The van der Waals surface area contributed by atoms with Crippen molar-refractivity contribution in [2.24, 2.45) is 0 Å². The number of hydrogen-bond donors (Lipinski definition) is 2. The average Bonchev–Trinajstić information content (AvgIpc) is 2.46. The molecule has 21 heavy (non-hydrogen) atoms. The zero-order valence-corrected chi connectivity index (χ0v) is 14.5. The van der Waals surface area contributed by atoms with Gasteiger partial charge in [0.25, 0.3) is 0 Å². The lowest BCUT2D eigenvalue weighted by Crippen LogP contribution is -2.33. The smallest absolute Gasteiger partial charge is 0.240 e. The molecule has 0 atom stereocenters. The molecule has 2 N–H and O–H groups in total. The highest BCUT2D eigenvalue weighted by atomic mass is 35.5. The summed E-state index contributed by atoms with van der Waals surface area (Å²) in [5.74, 6) is 0. The molecule has 0 saturated heterocycles. The van der Waals surface area contributed by atoms with E-state index in [2.05, 4.69) is 17.0 Å². The van der Waals surface area contributed by atoms with Gasteiger partial charge in [-0.05, 0) is 43.5 Å². The molecule has 0 aliphatic rings. The van der Waals surface area contributed by atoms with Gasteiger partial charge in [0.05, 0.1) is 4.90 Å². The molecule has 1 rings (SSSR count). The van der Waals surface area contributed by atoms with Crippen LogP contribution in [0.3, 0.4) is 0 Å². The molecule has 0 aliphatic heterocycles. The Morgan fingerprint density at radius 1 is 1.19 bits per heavy atom. The molecule has 6 heteroatoms. The van der Waals surface area contributed by atoms with Crippen LogP contribution in [0.4, 0.5) is 0 Å². The van der Waals surface area contributed by atoms with Crippen LogP contribution >= 0.6 is 11.6 Å². The first-order valence-corrected chi connectivity index (χ1v) is 9.32. The maximum Gasteiger partial charge on any atom is 0.240 e. The molecule has 1 aromatic carbocycles. The molecule has 0 radical (unpaired) electrons. The van der Waals surface area contributed by atoms with Crippen molar-refractivity contribution < 1.29 is 8.42 Å². The molecule has 1 aromatic rings. The Kier molecular flexibility index (Phi) is 7.66. The lowest BCUT2D eigenvalue weighted by molar-refractivity contribution is 0.530. The fraction of sp³-hybridized carbons (Fsp3) is 0.600. The topological polar surface area (TPSA) is 58.2 Å². The Balaban J connectivity index is 2.86. The summed E-state index contributed by atoms with van der Waals surface area (Å²) in [4.78, 5) is 0.221. The molecule has 0 bridgehead atoms. The SMILES string of the molecule is CCCNCc1ccc(S(=O)(=O)NC(CC)CC)cc1Cl. The van der Waals surface area contributed by atoms with E-state index in [1.54, 1.807) is 12.1 Å². The van der Waals surface area contributed by atoms with Crippen molar-refractivity contribution in [3.63, 3.8) is 0 Å². The van der Waals surface area contributed by atoms with E-state index in [4.69, 9.17) is 11.6 Å². The zero-order chi connectivity index (χ0) is 15.9. The summed E-state index contributed by atoms with van der Waals surface area (Å²) in [5, 5.41) is 3.73. The van der Waals surface area contributed by atoms with Crippen molar-refractivity contribution in [2.75, 3.05) is 6.54 Å². The maximum atomic E-state index is 12.3. The second-order valence-corrected chi connectivity index (χ2v) is 7.19. The highest BCUT2D eigenvalue weighted by Crippen LogP contribution is 2.21. The van der Waals surface area contributed by atoms with Crippen molar-refractivity contribution >= 4 is 21.6 Å². The minimum absolute atomic E-state index is 0.0420. The van der Waals surface area contributed by atoms with Crippen LogP contribution < -0.4 is 10.0 Å². The number of rotatable bonds is 9. The molecule has 0 fully saturated rings. The summed E-state index contributed by atoms with van der Waals surface area (Å²) >= 11 is 6.19. The molecule has 0 heterocycles. The maximum absolute atomic E-state index is 12.3. The van der Waals surface area contributed by atoms with Crippen LogP contribution in [0.5, 0.6) is 0 Å². The molecule has 0 unspecified atom stereocenters. The summed E-state index contributed by atoms with van der Waals surface area (Å²) < 4.78 is 27.3. The van der Waals surface area contributed by atoms with Crippen molar-refractivity contribution in [3.05, 3.63) is 28.8 Å². The normalized spacial score (nSPS) is 12.0. The van der Waals surface area contributed by atoms with Crippen LogP contribution in [-0.4, -0.2) is 21.0 Å². The van der Waals surface area contributed by atoms with Gasteiger partial charge < -0.3 is 5.32 Å². The molecule has 0 amide bonds. The van der Waals surface area contributed by atoms with E-state index < -0.39 is 10.0 Å². The molecule has 0 aliphatic carbocycles. The first-order chi connectivity index (χ1) is 9.94. The van der Waals surface area contributed by atoms with Crippen molar-refractivity contribution in [3.8, 4) is 0 Å². The van der Waals surface area contributed by atoms with Gasteiger partial charge in [0.15, 0.2) is 0 Å². The minimum Gasteiger partial charge on any atom is -0.313 e. The van der Waals surface area contributed by atoms with E-state index in [9.17, 15) is 8.42 Å². The Hall–Kier alpha value is -0.620. The number of sulfonamides is 1. The third kappa shape index (κ3) is 5.58. The molecular formula is C15H25ClN2O2S. The summed E-state index contributed by atoms with van der Waals surface area (Å²) in [6, 6.07) is 4.86. The average molecular weight is 333 g/mol. The highest BCUT2D eigenvalue weighted by molar-refractivity contribution is 7.89. The first kappa shape index (κ1) is 18.4. The van der Waals surface area contributed by atoms with Gasteiger partial charge in [0, 0.05) is 17.6 Å². The lowest BCUT2D eigenvalue weighted by atomic mass is 10.2. The van der Waals surface area contributed by atoms with E-state index in [1.165, 1.54) is 6.07 Å². The third-order valence-electron chi connectivity index (χ3n) is 3.38. The summed E-state index contributed by atoms with van der Waals surface area (Å²) in [5.41, 5.74) is 0.909. The van der Waals surface area contributed by atoms with E-state index in [0.717, 1.165) is 31.4 Å². The van der Waals surface area contributed by atoms with Gasteiger partial charge in [-0.15, -0.1) is 0 Å².